The van der Waals surface area contributed by atoms with Crippen LogP contribution in [-0.2, 0) is 10.0 Å². The van der Waals surface area contributed by atoms with Gasteiger partial charge in [-0.3, -0.25) is 14.8 Å². The molecule has 2 heterocycles. The first-order chi connectivity index (χ1) is 12.4. The van der Waals surface area contributed by atoms with Crippen molar-refractivity contribution in [3.05, 3.63) is 58.2 Å². The standard InChI is InChI=1S/C15H12N4O3S4/c20-13(12-2-1-8-24-12)18-14(23)17-10-3-5-11(6-4-10)26(21,22)19-15-16-7-9-25-15/h1-9H,(H,16,19)(H2,17,18,20,23). The Bertz CT molecular complexity index is 998. The van der Waals surface area contributed by atoms with Crippen molar-refractivity contribution in [1.29, 1.82) is 0 Å². The second-order valence-corrected chi connectivity index (χ2v) is 8.79. The number of benzene rings is 1. The highest BCUT2D eigenvalue weighted by Crippen LogP contribution is 2.19. The van der Waals surface area contributed by atoms with Gasteiger partial charge in [0, 0.05) is 17.3 Å². The lowest BCUT2D eigenvalue weighted by Gasteiger charge is -2.10. The molecule has 0 atom stereocenters. The lowest BCUT2D eigenvalue weighted by Crippen LogP contribution is -2.33. The third-order valence-corrected chi connectivity index (χ3v) is 6.29. The molecule has 1 amide bonds. The van der Waals surface area contributed by atoms with Crippen LogP contribution >= 0.6 is 34.9 Å². The number of hydrogen-bond acceptors (Lipinski definition) is 7. The molecule has 3 aromatic rings. The minimum absolute atomic E-state index is 0.0896. The number of nitrogens with one attached hydrogen (secondary N) is 3. The number of anilines is 2. The largest absolute Gasteiger partial charge is 0.332 e. The second kappa shape index (κ2) is 7.91. The SMILES string of the molecule is O=C(NC(=S)Nc1ccc(S(=O)(=O)Nc2nccs2)cc1)c1cccs1. The van der Waals surface area contributed by atoms with Crippen molar-refractivity contribution in [2.24, 2.45) is 0 Å². The first-order valence-corrected chi connectivity index (χ1v) is 10.8. The van der Waals surface area contributed by atoms with Crippen molar-refractivity contribution in [3.63, 3.8) is 0 Å². The number of thiophene rings is 1. The first kappa shape index (κ1) is 18.5. The van der Waals surface area contributed by atoms with Crippen LogP contribution in [0.4, 0.5) is 10.8 Å². The number of amides is 1. The van der Waals surface area contributed by atoms with Crippen LogP contribution in [0.1, 0.15) is 9.67 Å². The normalized spacial score (nSPS) is 10.9. The summed E-state index contributed by atoms with van der Waals surface area (Å²) in [5.74, 6) is -0.302. The molecule has 0 fully saturated rings. The number of aromatic nitrogens is 1. The summed E-state index contributed by atoms with van der Waals surface area (Å²) in [7, 11) is -3.71. The van der Waals surface area contributed by atoms with E-state index in [-0.39, 0.29) is 15.9 Å². The lowest BCUT2D eigenvalue weighted by atomic mass is 10.3. The van der Waals surface area contributed by atoms with E-state index < -0.39 is 10.0 Å². The lowest BCUT2D eigenvalue weighted by molar-refractivity contribution is 0.0981. The summed E-state index contributed by atoms with van der Waals surface area (Å²) in [4.78, 5) is 16.4. The molecular formula is C15H12N4O3S4. The predicted octanol–water partition coefficient (Wildman–Crippen LogP) is 3.13. The molecule has 11 heteroatoms. The van der Waals surface area contributed by atoms with E-state index in [0.717, 1.165) is 0 Å². The molecule has 26 heavy (non-hydrogen) atoms. The molecule has 0 saturated heterocycles. The van der Waals surface area contributed by atoms with Gasteiger partial charge in [0.25, 0.3) is 15.9 Å². The van der Waals surface area contributed by atoms with Gasteiger partial charge in [-0.05, 0) is 47.9 Å². The number of carbonyl (C=O) groups is 1. The average molecular weight is 425 g/mol. The van der Waals surface area contributed by atoms with E-state index in [9.17, 15) is 13.2 Å². The minimum Gasteiger partial charge on any atom is -0.332 e. The number of nitrogens with zero attached hydrogens (tertiary/aromatic N) is 1. The zero-order chi connectivity index (χ0) is 18.6. The Labute approximate surface area is 163 Å². The maximum Gasteiger partial charge on any atom is 0.267 e. The van der Waals surface area contributed by atoms with Gasteiger partial charge in [0.2, 0.25) is 0 Å². The Morgan fingerprint density at radius 3 is 2.46 bits per heavy atom. The monoisotopic (exact) mass is 424 g/mol. The van der Waals surface area contributed by atoms with Crippen molar-refractivity contribution >= 4 is 66.8 Å². The molecule has 7 nitrogen and oxygen atoms in total. The van der Waals surface area contributed by atoms with Gasteiger partial charge in [-0.15, -0.1) is 22.7 Å². The number of hydrogen-bond donors (Lipinski definition) is 3. The molecule has 3 N–H and O–H groups in total. The quantitative estimate of drug-likeness (QED) is 0.544. The molecule has 0 aliphatic heterocycles. The van der Waals surface area contributed by atoms with Gasteiger partial charge >= 0.3 is 0 Å². The van der Waals surface area contributed by atoms with Crippen molar-refractivity contribution < 1.29 is 13.2 Å². The van der Waals surface area contributed by atoms with E-state index in [0.29, 0.717) is 15.7 Å². The van der Waals surface area contributed by atoms with E-state index in [2.05, 4.69) is 20.3 Å². The summed E-state index contributed by atoms with van der Waals surface area (Å²) in [6, 6.07) is 9.44. The van der Waals surface area contributed by atoms with E-state index in [1.54, 1.807) is 35.0 Å². The molecule has 3 rings (SSSR count). The Balaban J connectivity index is 1.62. The molecule has 0 saturated carbocycles. The van der Waals surface area contributed by atoms with Gasteiger partial charge in [-0.1, -0.05) is 6.07 Å². The van der Waals surface area contributed by atoms with E-state index in [4.69, 9.17) is 12.2 Å². The molecule has 1 aromatic carbocycles. The fourth-order valence-corrected chi connectivity index (χ4v) is 4.52. The van der Waals surface area contributed by atoms with Gasteiger partial charge in [-0.25, -0.2) is 13.4 Å². The zero-order valence-electron chi connectivity index (χ0n) is 13.0. The van der Waals surface area contributed by atoms with Crippen LogP contribution in [0.3, 0.4) is 0 Å². The van der Waals surface area contributed by atoms with Crippen molar-refractivity contribution in [2.75, 3.05) is 10.0 Å². The van der Waals surface area contributed by atoms with Gasteiger partial charge in [-0.2, -0.15) is 0 Å². The molecule has 0 bridgehead atoms. The Morgan fingerprint density at radius 2 is 1.85 bits per heavy atom. The van der Waals surface area contributed by atoms with Crippen LogP contribution in [-0.4, -0.2) is 24.4 Å². The number of rotatable bonds is 5. The summed E-state index contributed by atoms with van der Waals surface area (Å²) < 4.78 is 26.9. The highest BCUT2D eigenvalue weighted by Gasteiger charge is 2.15. The highest BCUT2D eigenvalue weighted by molar-refractivity contribution is 7.93. The van der Waals surface area contributed by atoms with Crippen molar-refractivity contribution in [1.82, 2.24) is 10.3 Å². The van der Waals surface area contributed by atoms with E-state index in [1.807, 2.05) is 0 Å². The third kappa shape index (κ3) is 4.64. The van der Waals surface area contributed by atoms with Gasteiger partial charge in [0.15, 0.2) is 10.2 Å². The molecule has 134 valence electrons. The molecule has 0 spiro atoms. The van der Waals surface area contributed by atoms with Crippen molar-refractivity contribution in [3.8, 4) is 0 Å². The maximum absolute atomic E-state index is 12.3. The maximum atomic E-state index is 12.3. The Hall–Kier alpha value is -2.34. The Morgan fingerprint density at radius 1 is 1.08 bits per heavy atom. The van der Waals surface area contributed by atoms with Gasteiger partial charge in [0.05, 0.1) is 9.77 Å². The molecule has 0 radical (unpaired) electrons. The number of thiazole rings is 1. The number of sulfonamides is 1. The van der Waals surface area contributed by atoms with E-state index >= 15 is 0 Å². The summed E-state index contributed by atoms with van der Waals surface area (Å²) in [6.45, 7) is 0. The Kier molecular flexibility index (Phi) is 5.61. The number of carbonyl (C=O) groups excluding carboxylic acids is 1. The smallest absolute Gasteiger partial charge is 0.267 e. The van der Waals surface area contributed by atoms with Crippen LogP contribution < -0.4 is 15.4 Å². The average Bonchev–Trinajstić information content (AvgIpc) is 3.28. The fourth-order valence-electron chi connectivity index (χ4n) is 1.90. The van der Waals surface area contributed by atoms with E-state index in [1.165, 1.54) is 41.0 Å². The van der Waals surface area contributed by atoms with Gasteiger partial charge in [0.1, 0.15) is 0 Å². The molecule has 0 aliphatic rings. The highest BCUT2D eigenvalue weighted by atomic mass is 32.2. The fraction of sp³-hybridized carbons (Fsp3) is 0. The van der Waals surface area contributed by atoms with Crippen LogP contribution in [0.5, 0.6) is 0 Å². The molecule has 0 unspecified atom stereocenters. The first-order valence-electron chi connectivity index (χ1n) is 7.12. The summed E-state index contributed by atoms with van der Waals surface area (Å²) in [5.41, 5.74) is 0.551. The predicted molar refractivity (Wildman–Crippen MR) is 107 cm³/mol. The van der Waals surface area contributed by atoms with Crippen molar-refractivity contribution in [2.45, 2.75) is 4.90 Å². The zero-order valence-corrected chi connectivity index (χ0v) is 16.3. The number of thiocarbonyl (C=S) groups is 1. The minimum atomic E-state index is -3.71. The molecule has 0 aliphatic carbocycles. The molecular weight excluding hydrogens is 412 g/mol. The van der Waals surface area contributed by atoms with Crippen LogP contribution in [0, 0.1) is 0 Å². The van der Waals surface area contributed by atoms with Crippen LogP contribution in [0.2, 0.25) is 0 Å². The van der Waals surface area contributed by atoms with Crippen LogP contribution in [0.25, 0.3) is 0 Å². The summed E-state index contributed by atoms with van der Waals surface area (Å²) >= 11 is 7.59. The van der Waals surface area contributed by atoms with Gasteiger partial charge < -0.3 is 5.32 Å². The molecule has 2 aromatic heterocycles. The van der Waals surface area contributed by atoms with Crippen LogP contribution in [0.15, 0.2) is 58.3 Å². The topological polar surface area (TPSA) is 100 Å². The second-order valence-electron chi connectivity index (χ2n) is 4.85. The summed E-state index contributed by atoms with van der Waals surface area (Å²) in [5, 5.41) is 9.29. The third-order valence-electron chi connectivity index (χ3n) is 3.05. The summed E-state index contributed by atoms with van der Waals surface area (Å²) in [6.07, 6.45) is 1.51.